The van der Waals surface area contributed by atoms with Crippen molar-refractivity contribution in [2.24, 2.45) is 0 Å². The molecule has 0 saturated carbocycles. The van der Waals surface area contributed by atoms with Gasteiger partial charge in [0.15, 0.2) is 12.4 Å². The van der Waals surface area contributed by atoms with Gasteiger partial charge in [-0.05, 0) is 36.4 Å². The van der Waals surface area contributed by atoms with Gasteiger partial charge in [0.25, 0.3) is 0 Å². The minimum absolute atomic E-state index is 0.270. The summed E-state index contributed by atoms with van der Waals surface area (Å²) < 4.78 is 4.96. The quantitative estimate of drug-likeness (QED) is 0.353. The Morgan fingerprint density at radius 2 is 1.81 bits per heavy atom. The molecule has 0 bridgehead atoms. The fourth-order valence-electron chi connectivity index (χ4n) is 2.27. The lowest BCUT2D eigenvalue weighted by Gasteiger charge is -2.03. The normalized spacial score (nSPS) is 11.0. The van der Waals surface area contributed by atoms with Gasteiger partial charge in [-0.25, -0.2) is 9.78 Å². The molecule has 26 heavy (non-hydrogen) atoms. The van der Waals surface area contributed by atoms with E-state index >= 15 is 0 Å². The molecule has 3 rings (SSSR count). The average molecular weight is 386 g/mol. The van der Waals surface area contributed by atoms with Crippen molar-refractivity contribution in [3.63, 3.8) is 0 Å². The van der Waals surface area contributed by atoms with Gasteiger partial charge in [0, 0.05) is 17.0 Å². The number of carbonyl (C=O) groups excluding carboxylic acids is 2. The number of esters is 1. The van der Waals surface area contributed by atoms with Crippen LogP contribution in [-0.4, -0.2) is 23.3 Å². The van der Waals surface area contributed by atoms with E-state index in [1.165, 1.54) is 24.3 Å². The van der Waals surface area contributed by atoms with Gasteiger partial charge >= 0.3 is 5.97 Å². The van der Waals surface area contributed by atoms with Crippen LogP contribution in [0.3, 0.4) is 0 Å². The zero-order chi connectivity index (χ0) is 18.5. The van der Waals surface area contributed by atoms with Gasteiger partial charge in [-0.15, -0.1) is 0 Å². The first-order valence-corrected chi connectivity index (χ1v) is 8.47. The Balaban J connectivity index is 1.59. The van der Waals surface area contributed by atoms with Crippen molar-refractivity contribution in [1.29, 1.82) is 0 Å². The summed E-state index contributed by atoms with van der Waals surface area (Å²) in [6.45, 7) is -0.383. The summed E-state index contributed by atoms with van der Waals surface area (Å²) in [5.41, 5.74) is 1.78. The number of hydrogen-bond donors (Lipinski definition) is 0. The van der Waals surface area contributed by atoms with Crippen LogP contribution in [0.4, 0.5) is 0 Å². The Labute approximate surface area is 160 Å². The van der Waals surface area contributed by atoms with Gasteiger partial charge in [0.1, 0.15) is 0 Å². The predicted molar refractivity (Wildman–Crippen MR) is 103 cm³/mol. The number of ether oxygens (including phenoxy) is 1. The second kappa shape index (κ2) is 8.13. The fourth-order valence-corrected chi connectivity index (χ4v) is 2.56. The third-order valence-corrected chi connectivity index (χ3v) is 4.34. The van der Waals surface area contributed by atoms with Crippen molar-refractivity contribution in [3.8, 4) is 0 Å². The van der Waals surface area contributed by atoms with Gasteiger partial charge < -0.3 is 4.74 Å². The lowest BCUT2D eigenvalue weighted by atomic mass is 10.1. The largest absolute Gasteiger partial charge is 0.454 e. The molecule has 2 aromatic carbocycles. The number of aromatic nitrogens is 1. The standard InChI is InChI=1S/C20H13Cl2NO3/c21-16-9-6-14(11-17(16)22)19(24)12-26-20(25)10-8-15-7-5-13-3-1-2-4-18(13)23-15/h1-11H,12H2/b10-8+. The lowest BCUT2D eigenvalue weighted by Crippen LogP contribution is -2.12. The van der Waals surface area contributed by atoms with E-state index < -0.39 is 5.97 Å². The third-order valence-electron chi connectivity index (χ3n) is 3.60. The van der Waals surface area contributed by atoms with Crippen LogP contribution < -0.4 is 0 Å². The van der Waals surface area contributed by atoms with Crippen molar-refractivity contribution in [2.75, 3.05) is 6.61 Å². The van der Waals surface area contributed by atoms with Crippen LogP contribution in [0.1, 0.15) is 16.1 Å². The van der Waals surface area contributed by atoms with Crippen LogP contribution in [0, 0.1) is 0 Å². The Hall–Kier alpha value is -2.69. The smallest absolute Gasteiger partial charge is 0.331 e. The van der Waals surface area contributed by atoms with Crippen molar-refractivity contribution in [1.82, 2.24) is 4.98 Å². The zero-order valence-corrected chi connectivity index (χ0v) is 15.0. The molecule has 0 spiro atoms. The zero-order valence-electron chi connectivity index (χ0n) is 13.5. The molecule has 0 fully saturated rings. The predicted octanol–water partition coefficient (Wildman–Crippen LogP) is 4.98. The van der Waals surface area contributed by atoms with E-state index in [2.05, 4.69) is 4.98 Å². The molecule has 0 atom stereocenters. The highest BCUT2D eigenvalue weighted by Gasteiger charge is 2.10. The molecular weight excluding hydrogens is 373 g/mol. The summed E-state index contributed by atoms with van der Waals surface area (Å²) in [6.07, 6.45) is 2.78. The van der Waals surface area contributed by atoms with Crippen LogP contribution in [0.2, 0.25) is 10.0 Å². The molecule has 0 radical (unpaired) electrons. The molecule has 0 unspecified atom stereocenters. The average Bonchev–Trinajstić information content (AvgIpc) is 2.66. The number of halogens is 2. The highest BCUT2D eigenvalue weighted by atomic mass is 35.5. The maximum absolute atomic E-state index is 12.0. The van der Waals surface area contributed by atoms with Gasteiger partial charge in [-0.2, -0.15) is 0 Å². The minimum atomic E-state index is -0.631. The molecular formula is C20H13Cl2NO3. The Morgan fingerprint density at radius 3 is 2.62 bits per heavy atom. The van der Waals surface area contributed by atoms with E-state index in [9.17, 15) is 9.59 Å². The van der Waals surface area contributed by atoms with Crippen molar-refractivity contribution >= 4 is 51.9 Å². The van der Waals surface area contributed by atoms with Crippen LogP contribution in [0.25, 0.3) is 17.0 Å². The summed E-state index contributed by atoms with van der Waals surface area (Å²) in [6, 6.07) is 15.9. The van der Waals surface area contributed by atoms with Gasteiger partial charge in [0.05, 0.1) is 21.3 Å². The van der Waals surface area contributed by atoms with Crippen molar-refractivity contribution < 1.29 is 14.3 Å². The molecule has 0 N–H and O–H groups in total. The second-order valence-corrected chi connectivity index (χ2v) is 6.24. The number of rotatable bonds is 5. The number of hydrogen-bond acceptors (Lipinski definition) is 4. The third kappa shape index (κ3) is 4.48. The van der Waals surface area contributed by atoms with E-state index in [0.29, 0.717) is 16.3 Å². The first-order valence-electron chi connectivity index (χ1n) is 7.72. The van der Waals surface area contributed by atoms with E-state index in [4.69, 9.17) is 27.9 Å². The van der Waals surface area contributed by atoms with Gasteiger partial charge in [0.2, 0.25) is 0 Å². The molecule has 1 heterocycles. The molecule has 1 aromatic heterocycles. The number of benzene rings is 2. The first-order chi connectivity index (χ1) is 12.5. The second-order valence-electron chi connectivity index (χ2n) is 5.42. The number of ketones is 1. The highest BCUT2D eigenvalue weighted by molar-refractivity contribution is 6.42. The maximum Gasteiger partial charge on any atom is 0.331 e. The minimum Gasteiger partial charge on any atom is -0.454 e. The number of nitrogens with zero attached hydrogens (tertiary/aromatic N) is 1. The number of fused-ring (bicyclic) bond motifs is 1. The number of para-hydroxylation sites is 1. The summed E-state index contributed by atoms with van der Waals surface area (Å²) >= 11 is 11.7. The maximum atomic E-state index is 12.0. The molecule has 0 saturated heterocycles. The number of Topliss-reactive ketones (excluding diaryl/α,β-unsaturated/α-hetero) is 1. The first kappa shape index (κ1) is 18.1. The van der Waals surface area contributed by atoms with Gasteiger partial charge in [-0.3, -0.25) is 4.79 Å². The highest BCUT2D eigenvalue weighted by Crippen LogP contribution is 2.22. The van der Waals surface area contributed by atoms with E-state index in [-0.39, 0.29) is 17.4 Å². The van der Waals surface area contributed by atoms with Crippen LogP contribution in [-0.2, 0) is 9.53 Å². The lowest BCUT2D eigenvalue weighted by molar-refractivity contribution is -0.136. The molecule has 3 aromatic rings. The molecule has 0 aliphatic heterocycles. The van der Waals surface area contributed by atoms with Crippen molar-refractivity contribution in [2.45, 2.75) is 0 Å². The Bertz CT molecular complexity index is 1010. The Morgan fingerprint density at radius 1 is 1.00 bits per heavy atom. The molecule has 0 aliphatic carbocycles. The molecule has 130 valence electrons. The molecule has 4 nitrogen and oxygen atoms in total. The van der Waals surface area contributed by atoms with E-state index in [1.807, 2.05) is 30.3 Å². The van der Waals surface area contributed by atoms with Crippen LogP contribution in [0.5, 0.6) is 0 Å². The SMILES string of the molecule is O=C(/C=C/c1ccc2ccccc2n1)OCC(=O)c1ccc(Cl)c(Cl)c1. The topological polar surface area (TPSA) is 56.3 Å². The van der Waals surface area contributed by atoms with E-state index in [1.54, 1.807) is 12.1 Å². The monoisotopic (exact) mass is 385 g/mol. The summed E-state index contributed by atoms with van der Waals surface area (Å²) in [7, 11) is 0. The molecule has 0 aliphatic rings. The molecule has 6 heteroatoms. The number of pyridine rings is 1. The summed E-state index contributed by atoms with van der Waals surface area (Å²) in [5.74, 6) is -0.998. The number of carbonyl (C=O) groups is 2. The summed E-state index contributed by atoms with van der Waals surface area (Å²) in [4.78, 5) is 28.2. The van der Waals surface area contributed by atoms with Crippen LogP contribution in [0.15, 0.2) is 60.7 Å². The van der Waals surface area contributed by atoms with Gasteiger partial charge in [-0.1, -0.05) is 47.5 Å². The summed E-state index contributed by atoms with van der Waals surface area (Å²) in [5, 5.41) is 1.64. The van der Waals surface area contributed by atoms with E-state index in [0.717, 1.165) is 10.9 Å². The fraction of sp³-hybridized carbons (Fsp3) is 0.0500. The molecule has 0 amide bonds. The van der Waals surface area contributed by atoms with Crippen molar-refractivity contribution in [3.05, 3.63) is 82.0 Å². The Kier molecular flexibility index (Phi) is 5.66. The van der Waals surface area contributed by atoms with Crippen LogP contribution >= 0.6 is 23.2 Å².